The predicted octanol–water partition coefficient (Wildman–Crippen LogP) is 3.69. The van der Waals surface area contributed by atoms with Crippen LogP contribution in [0.25, 0.3) is 16.6 Å². The molecule has 1 N–H and O–H groups in total. The van der Waals surface area contributed by atoms with Crippen LogP contribution in [0.4, 0.5) is 0 Å². The highest BCUT2D eigenvalue weighted by Gasteiger charge is 2.48. The molecule has 0 saturated heterocycles. The molecule has 3 heterocycles. The number of aliphatic hydroxyl groups is 1. The predicted molar refractivity (Wildman–Crippen MR) is 110 cm³/mol. The quantitative estimate of drug-likeness (QED) is 0.492. The molecule has 0 radical (unpaired) electrons. The second kappa shape index (κ2) is 7.08. The summed E-state index contributed by atoms with van der Waals surface area (Å²) >= 11 is 1.10. The normalized spacial score (nSPS) is 18.8. The second-order valence-electron chi connectivity index (χ2n) is 6.84. The van der Waals surface area contributed by atoms with Gasteiger partial charge >= 0.3 is 5.97 Å². The Kier molecular flexibility index (Phi) is 4.38. The lowest BCUT2D eigenvalue weighted by molar-refractivity contribution is -0.185. The summed E-state index contributed by atoms with van der Waals surface area (Å²) in [6, 6.07) is 15.6. The Balaban J connectivity index is 1.69. The molecule has 1 atom stereocenters. The number of hydrogen-bond donors (Lipinski definition) is 1. The Morgan fingerprint density at radius 2 is 1.90 bits per heavy atom. The Bertz CT molecular complexity index is 1260. The highest BCUT2D eigenvalue weighted by Crippen LogP contribution is 2.45. The monoisotopic (exact) mass is 420 g/mol. The minimum Gasteiger partial charge on any atom is -0.497 e. The van der Waals surface area contributed by atoms with E-state index in [1.165, 1.54) is 0 Å². The second-order valence-corrected chi connectivity index (χ2v) is 7.37. The number of carbonyl (C=O) groups is 1. The molecule has 150 valence electrons. The van der Waals surface area contributed by atoms with Gasteiger partial charge < -0.3 is 19.0 Å². The van der Waals surface area contributed by atoms with Gasteiger partial charge in [0.1, 0.15) is 22.5 Å². The SMILES string of the molecule is COc1ccc(C2(O)OC(=O)C(c3ccc4nsnc4c3)=C2Cc2ccco2)cc1. The zero-order valence-corrected chi connectivity index (χ0v) is 16.7. The number of cyclic esters (lactones) is 1. The molecule has 0 spiro atoms. The van der Waals surface area contributed by atoms with Crippen molar-refractivity contribution in [1.29, 1.82) is 0 Å². The first-order valence-electron chi connectivity index (χ1n) is 9.17. The molecule has 30 heavy (non-hydrogen) atoms. The first kappa shape index (κ1) is 18.5. The van der Waals surface area contributed by atoms with Crippen molar-refractivity contribution >= 4 is 34.3 Å². The Morgan fingerprint density at radius 1 is 1.10 bits per heavy atom. The molecule has 4 aromatic rings. The summed E-state index contributed by atoms with van der Waals surface area (Å²) in [5.74, 6) is -1.31. The fraction of sp³-hybridized carbons (Fsp3) is 0.136. The number of rotatable bonds is 5. The molecule has 1 aliphatic rings. The van der Waals surface area contributed by atoms with Crippen molar-refractivity contribution in [3.63, 3.8) is 0 Å². The number of nitrogens with zero attached hydrogens (tertiary/aromatic N) is 2. The van der Waals surface area contributed by atoms with Gasteiger partial charge in [0.05, 0.1) is 30.7 Å². The molecule has 0 saturated carbocycles. The van der Waals surface area contributed by atoms with Crippen molar-refractivity contribution in [2.24, 2.45) is 0 Å². The van der Waals surface area contributed by atoms with E-state index in [1.54, 1.807) is 68.0 Å². The molecule has 2 aromatic heterocycles. The minimum absolute atomic E-state index is 0.198. The van der Waals surface area contributed by atoms with Gasteiger partial charge in [0.25, 0.3) is 5.79 Å². The fourth-order valence-corrected chi connectivity index (χ4v) is 4.13. The molecule has 1 unspecified atom stereocenters. The van der Waals surface area contributed by atoms with Gasteiger partial charge in [0, 0.05) is 17.6 Å². The summed E-state index contributed by atoms with van der Waals surface area (Å²) in [6.07, 6.45) is 1.75. The smallest absolute Gasteiger partial charge is 0.342 e. The van der Waals surface area contributed by atoms with Crippen LogP contribution in [0.1, 0.15) is 16.9 Å². The Morgan fingerprint density at radius 3 is 2.63 bits per heavy atom. The van der Waals surface area contributed by atoms with E-state index in [1.807, 2.05) is 0 Å². The lowest BCUT2D eigenvalue weighted by Crippen LogP contribution is -2.29. The molecule has 5 rings (SSSR count). The van der Waals surface area contributed by atoms with Crippen molar-refractivity contribution in [3.05, 3.63) is 83.3 Å². The van der Waals surface area contributed by atoms with E-state index in [0.717, 1.165) is 17.2 Å². The number of ether oxygens (including phenoxy) is 2. The van der Waals surface area contributed by atoms with Gasteiger partial charge in [-0.05, 0) is 54.1 Å². The molecule has 0 bridgehead atoms. The maximum atomic E-state index is 13.0. The average molecular weight is 420 g/mol. The maximum absolute atomic E-state index is 13.0. The lowest BCUT2D eigenvalue weighted by Gasteiger charge is -2.25. The zero-order chi connectivity index (χ0) is 20.7. The van der Waals surface area contributed by atoms with Crippen LogP contribution in [-0.2, 0) is 21.7 Å². The molecule has 1 aliphatic heterocycles. The van der Waals surface area contributed by atoms with Crippen molar-refractivity contribution < 1.29 is 23.8 Å². The number of furan rings is 1. The summed E-state index contributed by atoms with van der Waals surface area (Å²) < 4.78 is 24.7. The zero-order valence-electron chi connectivity index (χ0n) is 15.9. The third-order valence-electron chi connectivity index (χ3n) is 5.11. The summed E-state index contributed by atoms with van der Waals surface area (Å²) in [5.41, 5.74) is 3.13. The first-order valence-corrected chi connectivity index (χ1v) is 9.90. The lowest BCUT2D eigenvalue weighted by atomic mass is 9.89. The molecular formula is C22H16N2O5S. The van der Waals surface area contributed by atoms with E-state index < -0.39 is 11.8 Å². The topological polar surface area (TPSA) is 94.7 Å². The molecule has 7 nitrogen and oxygen atoms in total. The highest BCUT2D eigenvalue weighted by atomic mass is 32.1. The average Bonchev–Trinajstić information content (AvgIpc) is 3.49. The van der Waals surface area contributed by atoms with E-state index in [9.17, 15) is 9.90 Å². The molecular weight excluding hydrogens is 404 g/mol. The number of fused-ring (bicyclic) bond motifs is 1. The first-order chi connectivity index (χ1) is 14.6. The Hall–Kier alpha value is -3.49. The molecule has 8 heteroatoms. The van der Waals surface area contributed by atoms with Crippen LogP contribution in [0, 0.1) is 0 Å². The summed E-state index contributed by atoms with van der Waals surface area (Å²) in [6.45, 7) is 0. The van der Waals surface area contributed by atoms with Crippen molar-refractivity contribution in [2.45, 2.75) is 12.2 Å². The van der Waals surface area contributed by atoms with Crippen LogP contribution >= 0.6 is 11.7 Å². The van der Waals surface area contributed by atoms with Crippen LogP contribution in [-0.4, -0.2) is 26.9 Å². The van der Waals surface area contributed by atoms with Crippen molar-refractivity contribution in [3.8, 4) is 5.75 Å². The highest BCUT2D eigenvalue weighted by molar-refractivity contribution is 7.00. The van der Waals surface area contributed by atoms with E-state index in [-0.39, 0.29) is 6.42 Å². The molecule has 0 aliphatic carbocycles. The van der Waals surface area contributed by atoms with E-state index in [2.05, 4.69) is 8.75 Å². The summed E-state index contributed by atoms with van der Waals surface area (Å²) in [7, 11) is 1.56. The van der Waals surface area contributed by atoms with Gasteiger partial charge in [-0.25, -0.2) is 4.79 Å². The third kappa shape index (κ3) is 2.97. The number of carbonyl (C=O) groups excluding carboxylic acids is 1. The van der Waals surface area contributed by atoms with Gasteiger partial charge in [-0.3, -0.25) is 0 Å². The number of methoxy groups -OCH3 is 1. The summed E-state index contributed by atoms with van der Waals surface area (Å²) in [4.78, 5) is 13.0. The van der Waals surface area contributed by atoms with Gasteiger partial charge in [-0.1, -0.05) is 6.07 Å². The van der Waals surface area contributed by atoms with Crippen LogP contribution in [0.5, 0.6) is 5.75 Å². The fourth-order valence-electron chi connectivity index (χ4n) is 3.61. The number of benzene rings is 2. The largest absolute Gasteiger partial charge is 0.497 e. The van der Waals surface area contributed by atoms with E-state index in [0.29, 0.717) is 39.3 Å². The molecule has 0 amide bonds. The van der Waals surface area contributed by atoms with Crippen LogP contribution in [0.2, 0.25) is 0 Å². The van der Waals surface area contributed by atoms with Gasteiger partial charge in [0.15, 0.2) is 0 Å². The van der Waals surface area contributed by atoms with Gasteiger partial charge in [0.2, 0.25) is 0 Å². The van der Waals surface area contributed by atoms with Crippen molar-refractivity contribution in [2.75, 3.05) is 7.11 Å². The number of aromatic nitrogens is 2. The van der Waals surface area contributed by atoms with Gasteiger partial charge in [-0.15, -0.1) is 0 Å². The van der Waals surface area contributed by atoms with Crippen molar-refractivity contribution in [1.82, 2.24) is 8.75 Å². The van der Waals surface area contributed by atoms with Crippen LogP contribution < -0.4 is 4.74 Å². The summed E-state index contributed by atoms with van der Waals surface area (Å²) in [5, 5.41) is 11.6. The minimum atomic E-state index is -1.93. The van der Waals surface area contributed by atoms with Gasteiger partial charge in [-0.2, -0.15) is 8.75 Å². The molecule has 0 fully saturated rings. The standard InChI is InChI=1S/C22H16N2O5S/c1-27-15-7-5-14(6-8-15)22(26)17(12-16-3-2-10-28-16)20(21(25)29-22)13-4-9-18-19(11-13)24-30-23-18/h2-11,26H,12H2,1H3. The third-order valence-corrected chi connectivity index (χ3v) is 5.67. The number of hydrogen-bond acceptors (Lipinski definition) is 8. The number of esters is 1. The molecule has 2 aromatic carbocycles. The van der Waals surface area contributed by atoms with Crippen LogP contribution in [0.15, 0.2) is 70.9 Å². The maximum Gasteiger partial charge on any atom is 0.342 e. The Labute approximate surface area is 175 Å². The van der Waals surface area contributed by atoms with E-state index in [4.69, 9.17) is 13.9 Å². The van der Waals surface area contributed by atoms with E-state index >= 15 is 0 Å². The van der Waals surface area contributed by atoms with Crippen LogP contribution in [0.3, 0.4) is 0 Å².